The standard InChI is InChI=1S/C17H18N6OS/c1-23-9-14(8-20-23)13-4-11(5-18-7-13)6-19-16(24)22-17-21-15(10-25-17)12-2-3-12/h4-5,7-10,12H,2-3,6H2,1H3,(H2,19,21,22,24). The first-order chi connectivity index (χ1) is 12.2. The molecule has 0 aliphatic heterocycles. The second-order valence-corrected chi connectivity index (χ2v) is 7.00. The third-order valence-electron chi connectivity index (χ3n) is 4.02. The monoisotopic (exact) mass is 354 g/mol. The zero-order valence-electron chi connectivity index (χ0n) is 13.8. The highest BCUT2D eigenvalue weighted by atomic mass is 32.1. The molecule has 25 heavy (non-hydrogen) atoms. The first-order valence-electron chi connectivity index (χ1n) is 8.10. The van der Waals surface area contributed by atoms with E-state index in [1.807, 2.05) is 24.7 Å². The average Bonchev–Trinajstić information content (AvgIpc) is 3.21. The Morgan fingerprint density at radius 1 is 1.32 bits per heavy atom. The van der Waals surface area contributed by atoms with Gasteiger partial charge in [-0.2, -0.15) is 5.10 Å². The number of anilines is 1. The van der Waals surface area contributed by atoms with Gasteiger partial charge in [-0.3, -0.25) is 15.0 Å². The molecule has 0 unspecified atom stereocenters. The first kappa shape index (κ1) is 15.8. The van der Waals surface area contributed by atoms with E-state index in [1.54, 1.807) is 23.3 Å². The molecule has 7 nitrogen and oxygen atoms in total. The van der Waals surface area contributed by atoms with Crippen molar-refractivity contribution in [2.45, 2.75) is 25.3 Å². The largest absolute Gasteiger partial charge is 0.334 e. The van der Waals surface area contributed by atoms with Crippen LogP contribution >= 0.6 is 11.3 Å². The van der Waals surface area contributed by atoms with Crippen molar-refractivity contribution in [3.8, 4) is 11.1 Å². The number of carbonyl (C=O) groups excluding carboxylic acids is 1. The number of urea groups is 1. The van der Waals surface area contributed by atoms with Crippen LogP contribution in [0, 0.1) is 0 Å². The first-order valence-corrected chi connectivity index (χ1v) is 8.98. The van der Waals surface area contributed by atoms with Gasteiger partial charge in [0, 0.05) is 54.6 Å². The number of carbonyl (C=O) groups is 1. The Morgan fingerprint density at radius 3 is 2.96 bits per heavy atom. The Bertz CT molecular complexity index is 898. The topological polar surface area (TPSA) is 84.7 Å². The van der Waals surface area contributed by atoms with Gasteiger partial charge in [-0.1, -0.05) is 0 Å². The summed E-state index contributed by atoms with van der Waals surface area (Å²) in [6.45, 7) is 0.397. The van der Waals surface area contributed by atoms with E-state index in [2.05, 4.69) is 25.7 Å². The Hall–Kier alpha value is -2.74. The molecule has 1 aliphatic carbocycles. The molecule has 3 aromatic heterocycles. The SMILES string of the molecule is Cn1cc(-c2cncc(CNC(=O)Nc3nc(C4CC4)cs3)c2)cn1. The Kier molecular flexibility index (Phi) is 4.19. The fourth-order valence-corrected chi connectivity index (χ4v) is 3.33. The number of rotatable bonds is 5. The highest BCUT2D eigenvalue weighted by Crippen LogP contribution is 2.40. The number of aryl methyl sites for hydroxylation is 1. The molecular formula is C17H18N6OS. The lowest BCUT2D eigenvalue weighted by atomic mass is 10.1. The van der Waals surface area contributed by atoms with Crippen molar-refractivity contribution in [1.82, 2.24) is 25.1 Å². The molecule has 0 bridgehead atoms. The second-order valence-electron chi connectivity index (χ2n) is 6.14. The molecule has 0 atom stereocenters. The molecule has 1 saturated carbocycles. The van der Waals surface area contributed by atoms with Gasteiger partial charge in [0.1, 0.15) is 0 Å². The summed E-state index contributed by atoms with van der Waals surface area (Å²) >= 11 is 1.47. The number of amides is 2. The molecule has 2 amide bonds. The van der Waals surface area contributed by atoms with Crippen LogP contribution in [0.5, 0.6) is 0 Å². The summed E-state index contributed by atoms with van der Waals surface area (Å²) in [7, 11) is 1.87. The minimum atomic E-state index is -0.261. The molecule has 3 aromatic rings. The van der Waals surface area contributed by atoms with E-state index in [9.17, 15) is 4.79 Å². The smallest absolute Gasteiger partial charge is 0.321 e. The van der Waals surface area contributed by atoms with Crippen LogP contribution in [0.1, 0.15) is 30.0 Å². The highest BCUT2D eigenvalue weighted by molar-refractivity contribution is 7.13. The average molecular weight is 354 g/mol. The van der Waals surface area contributed by atoms with Gasteiger partial charge in [-0.05, 0) is 24.5 Å². The van der Waals surface area contributed by atoms with Crippen LogP contribution in [0.2, 0.25) is 0 Å². The van der Waals surface area contributed by atoms with Crippen molar-refractivity contribution in [1.29, 1.82) is 0 Å². The van der Waals surface area contributed by atoms with Crippen molar-refractivity contribution in [3.05, 3.63) is 47.5 Å². The van der Waals surface area contributed by atoms with Crippen LogP contribution in [0.15, 0.2) is 36.2 Å². The van der Waals surface area contributed by atoms with Gasteiger partial charge in [-0.25, -0.2) is 9.78 Å². The predicted octanol–water partition coefficient (Wildman–Crippen LogP) is 3.14. The summed E-state index contributed by atoms with van der Waals surface area (Å²) in [5, 5.41) is 12.5. The molecule has 0 radical (unpaired) electrons. The summed E-state index contributed by atoms with van der Waals surface area (Å²) in [5.74, 6) is 0.594. The second kappa shape index (κ2) is 6.64. The van der Waals surface area contributed by atoms with E-state index >= 15 is 0 Å². The van der Waals surface area contributed by atoms with Crippen molar-refractivity contribution in [2.24, 2.45) is 7.05 Å². The highest BCUT2D eigenvalue weighted by Gasteiger charge is 2.26. The van der Waals surface area contributed by atoms with Crippen LogP contribution < -0.4 is 10.6 Å². The fourth-order valence-electron chi connectivity index (χ4n) is 2.55. The quantitative estimate of drug-likeness (QED) is 0.737. The molecule has 1 aliphatic rings. The predicted molar refractivity (Wildman–Crippen MR) is 96.4 cm³/mol. The molecule has 1 fully saturated rings. The zero-order chi connectivity index (χ0) is 17.2. The van der Waals surface area contributed by atoms with Gasteiger partial charge in [0.25, 0.3) is 0 Å². The van der Waals surface area contributed by atoms with E-state index in [0.29, 0.717) is 17.6 Å². The van der Waals surface area contributed by atoms with Crippen LogP contribution in [0.3, 0.4) is 0 Å². The minimum absolute atomic E-state index is 0.261. The van der Waals surface area contributed by atoms with Crippen molar-refractivity contribution >= 4 is 22.5 Å². The third-order valence-corrected chi connectivity index (χ3v) is 4.80. The van der Waals surface area contributed by atoms with Crippen molar-refractivity contribution in [3.63, 3.8) is 0 Å². The molecule has 0 spiro atoms. The summed E-state index contributed by atoms with van der Waals surface area (Å²) in [4.78, 5) is 20.7. The van der Waals surface area contributed by atoms with Gasteiger partial charge in [0.15, 0.2) is 5.13 Å². The number of hydrogen-bond donors (Lipinski definition) is 2. The van der Waals surface area contributed by atoms with Crippen molar-refractivity contribution in [2.75, 3.05) is 5.32 Å². The van der Waals surface area contributed by atoms with Gasteiger partial charge in [0.05, 0.1) is 11.9 Å². The Balaban J connectivity index is 1.34. The Morgan fingerprint density at radius 2 is 2.20 bits per heavy atom. The molecule has 0 aromatic carbocycles. The van der Waals surface area contributed by atoms with Gasteiger partial charge < -0.3 is 5.32 Å². The van der Waals surface area contributed by atoms with E-state index < -0.39 is 0 Å². The lowest BCUT2D eigenvalue weighted by Gasteiger charge is -2.06. The number of aromatic nitrogens is 4. The molecule has 8 heteroatoms. The maximum atomic E-state index is 12.0. The van der Waals surface area contributed by atoms with Crippen molar-refractivity contribution < 1.29 is 4.79 Å². The molecule has 3 heterocycles. The van der Waals surface area contributed by atoms with E-state index in [1.165, 1.54) is 24.2 Å². The van der Waals surface area contributed by atoms with E-state index in [4.69, 9.17) is 0 Å². The summed E-state index contributed by atoms with van der Waals surface area (Å²) in [5.41, 5.74) is 3.99. The van der Waals surface area contributed by atoms with Gasteiger partial charge in [-0.15, -0.1) is 11.3 Å². The van der Waals surface area contributed by atoms with Gasteiger partial charge in [0.2, 0.25) is 0 Å². The molecule has 2 N–H and O–H groups in total. The minimum Gasteiger partial charge on any atom is -0.334 e. The summed E-state index contributed by atoms with van der Waals surface area (Å²) in [6, 6.07) is 1.74. The van der Waals surface area contributed by atoms with Crippen LogP contribution in [0.25, 0.3) is 11.1 Å². The molecule has 4 rings (SSSR count). The van der Waals surface area contributed by atoms with Crippen LogP contribution in [-0.2, 0) is 13.6 Å². The number of nitrogens with one attached hydrogen (secondary N) is 2. The number of nitrogens with zero attached hydrogens (tertiary/aromatic N) is 4. The third kappa shape index (κ3) is 3.85. The Labute approximate surface area is 149 Å². The summed E-state index contributed by atoms with van der Waals surface area (Å²) in [6.07, 6.45) is 9.66. The zero-order valence-corrected chi connectivity index (χ0v) is 14.6. The van der Waals surface area contributed by atoms with E-state index in [0.717, 1.165) is 22.4 Å². The molecule has 0 saturated heterocycles. The van der Waals surface area contributed by atoms with Gasteiger partial charge >= 0.3 is 6.03 Å². The fraction of sp³-hybridized carbons (Fsp3) is 0.294. The lowest BCUT2D eigenvalue weighted by Crippen LogP contribution is -2.28. The maximum Gasteiger partial charge on any atom is 0.321 e. The molecular weight excluding hydrogens is 336 g/mol. The number of pyridine rings is 1. The number of thiazole rings is 1. The number of hydrogen-bond acceptors (Lipinski definition) is 5. The molecule has 128 valence electrons. The van der Waals surface area contributed by atoms with E-state index in [-0.39, 0.29) is 6.03 Å². The van der Waals surface area contributed by atoms with Crippen LogP contribution in [0.4, 0.5) is 9.93 Å². The summed E-state index contributed by atoms with van der Waals surface area (Å²) < 4.78 is 1.75. The van der Waals surface area contributed by atoms with Crippen LogP contribution in [-0.4, -0.2) is 25.8 Å². The normalized spacial score (nSPS) is 13.6. The maximum absolute atomic E-state index is 12.0. The lowest BCUT2D eigenvalue weighted by molar-refractivity contribution is 0.251.